The van der Waals surface area contributed by atoms with Crippen molar-refractivity contribution in [1.29, 1.82) is 0 Å². The third-order valence-electron chi connectivity index (χ3n) is 4.03. The minimum atomic E-state index is -4.55. The van der Waals surface area contributed by atoms with E-state index >= 15 is 0 Å². The fourth-order valence-corrected chi connectivity index (χ4v) is 2.80. The fourth-order valence-electron chi connectivity index (χ4n) is 2.80. The molecule has 2 aromatic carbocycles. The first kappa shape index (κ1) is 17.9. The highest BCUT2D eigenvalue weighted by molar-refractivity contribution is 5.99. The Morgan fingerprint density at radius 3 is 2.54 bits per heavy atom. The number of hydrogen-bond donors (Lipinski definition) is 1. The van der Waals surface area contributed by atoms with Gasteiger partial charge in [-0.3, -0.25) is 9.59 Å². The van der Waals surface area contributed by atoms with E-state index in [0.29, 0.717) is 5.69 Å². The van der Waals surface area contributed by atoms with Crippen LogP contribution in [0.4, 0.5) is 23.2 Å². The lowest BCUT2D eigenvalue weighted by Crippen LogP contribution is -2.37. The Morgan fingerprint density at radius 2 is 1.85 bits per heavy atom. The van der Waals surface area contributed by atoms with Gasteiger partial charge in [-0.25, -0.2) is 4.39 Å². The van der Waals surface area contributed by atoms with Crippen LogP contribution in [0, 0.1) is 5.82 Å². The maximum Gasteiger partial charge on any atom is 0.416 e. The molecule has 0 unspecified atom stereocenters. The van der Waals surface area contributed by atoms with E-state index in [-0.39, 0.29) is 24.4 Å². The molecule has 1 atom stereocenters. The summed E-state index contributed by atoms with van der Waals surface area (Å²) in [5.41, 5.74) is -0.698. The van der Waals surface area contributed by atoms with E-state index in [1.165, 1.54) is 29.2 Å². The largest absolute Gasteiger partial charge is 0.416 e. The Kier molecular flexibility index (Phi) is 4.67. The molecule has 0 aromatic heterocycles. The van der Waals surface area contributed by atoms with E-state index in [9.17, 15) is 27.2 Å². The minimum Gasteiger partial charge on any atom is -0.347 e. The van der Waals surface area contributed by atoms with Gasteiger partial charge in [0, 0.05) is 24.2 Å². The molecule has 0 radical (unpaired) electrons. The summed E-state index contributed by atoms with van der Waals surface area (Å²) in [5, 5.41) is 2.56. The summed E-state index contributed by atoms with van der Waals surface area (Å²) in [6, 6.07) is 8.96. The highest BCUT2D eigenvalue weighted by atomic mass is 19.4. The molecule has 26 heavy (non-hydrogen) atoms. The van der Waals surface area contributed by atoms with Crippen molar-refractivity contribution in [3.05, 3.63) is 65.5 Å². The number of nitrogens with one attached hydrogen (secondary N) is 1. The van der Waals surface area contributed by atoms with Crippen LogP contribution in [0.25, 0.3) is 0 Å². The van der Waals surface area contributed by atoms with Gasteiger partial charge >= 0.3 is 6.18 Å². The summed E-state index contributed by atoms with van der Waals surface area (Å²) < 4.78 is 51.5. The predicted molar refractivity (Wildman–Crippen MR) is 86.1 cm³/mol. The van der Waals surface area contributed by atoms with E-state index in [2.05, 4.69) is 5.32 Å². The average molecular weight is 366 g/mol. The van der Waals surface area contributed by atoms with E-state index < -0.39 is 29.5 Å². The molecule has 136 valence electrons. The van der Waals surface area contributed by atoms with Crippen molar-refractivity contribution in [2.24, 2.45) is 0 Å². The van der Waals surface area contributed by atoms with Crippen LogP contribution in [0.15, 0.2) is 48.5 Å². The van der Waals surface area contributed by atoms with Crippen molar-refractivity contribution in [3.63, 3.8) is 0 Å². The molecule has 2 amide bonds. The van der Waals surface area contributed by atoms with Gasteiger partial charge in [0.25, 0.3) is 5.91 Å². The van der Waals surface area contributed by atoms with Gasteiger partial charge in [0.05, 0.1) is 11.6 Å². The van der Waals surface area contributed by atoms with Crippen LogP contribution >= 0.6 is 0 Å². The third-order valence-corrected chi connectivity index (χ3v) is 4.03. The number of alkyl halides is 3. The van der Waals surface area contributed by atoms with Crippen LogP contribution < -0.4 is 10.2 Å². The smallest absolute Gasteiger partial charge is 0.347 e. The van der Waals surface area contributed by atoms with E-state index in [1.54, 1.807) is 6.07 Å². The van der Waals surface area contributed by atoms with Gasteiger partial charge in [0.2, 0.25) is 5.91 Å². The second-order valence-corrected chi connectivity index (χ2v) is 5.94. The van der Waals surface area contributed by atoms with Gasteiger partial charge in [0.15, 0.2) is 0 Å². The molecule has 3 rings (SSSR count). The van der Waals surface area contributed by atoms with E-state index in [1.807, 2.05) is 0 Å². The number of hydrogen-bond acceptors (Lipinski definition) is 2. The number of carbonyl (C=O) groups excluding carboxylic acids is 2. The Morgan fingerprint density at radius 1 is 1.12 bits per heavy atom. The monoisotopic (exact) mass is 366 g/mol. The summed E-state index contributed by atoms with van der Waals surface area (Å²) in [7, 11) is 0. The molecule has 1 aliphatic heterocycles. The van der Waals surface area contributed by atoms with Crippen LogP contribution in [0.5, 0.6) is 0 Å². The van der Waals surface area contributed by atoms with Gasteiger partial charge in [0.1, 0.15) is 5.82 Å². The number of halogens is 4. The molecular formula is C18H14F4N2O2. The third kappa shape index (κ3) is 3.84. The molecule has 2 aromatic rings. The lowest BCUT2D eigenvalue weighted by Gasteiger charge is -2.17. The number of amides is 2. The van der Waals surface area contributed by atoms with E-state index in [4.69, 9.17) is 0 Å². The molecule has 8 heteroatoms. The van der Waals surface area contributed by atoms with Gasteiger partial charge in [-0.15, -0.1) is 0 Å². The summed E-state index contributed by atoms with van der Waals surface area (Å²) in [4.78, 5) is 25.7. The van der Waals surface area contributed by atoms with Gasteiger partial charge in [-0.2, -0.15) is 13.2 Å². The molecule has 1 heterocycles. The minimum absolute atomic E-state index is 0.0127. The first-order chi connectivity index (χ1) is 12.2. The van der Waals surface area contributed by atoms with Crippen LogP contribution in [0.2, 0.25) is 0 Å². The molecule has 0 spiro atoms. The zero-order valence-electron chi connectivity index (χ0n) is 13.4. The second kappa shape index (κ2) is 6.78. The quantitative estimate of drug-likeness (QED) is 0.847. The summed E-state index contributed by atoms with van der Waals surface area (Å²) in [5.74, 6) is -1.49. The number of rotatable bonds is 3. The molecular weight excluding hydrogens is 352 g/mol. The average Bonchev–Trinajstić information content (AvgIpc) is 2.94. The number of carbonyl (C=O) groups is 2. The molecule has 1 aliphatic rings. The molecule has 1 saturated heterocycles. The highest BCUT2D eigenvalue weighted by Gasteiger charge is 2.33. The second-order valence-electron chi connectivity index (χ2n) is 5.94. The van der Waals surface area contributed by atoms with Gasteiger partial charge in [-0.05, 0) is 36.4 Å². The fraction of sp³-hybridized carbons (Fsp3) is 0.222. The van der Waals surface area contributed by atoms with Crippen molar-refractivity contribution in [1.82, 2.24) is 5.32 Å². The summed E-state index contributed by atoms with van der Waals surface area (Å²) in [6.45, 7) is 0.118. The molecule has 0 bridgehead atoms. The number of benzene rings is 2. The standard InChI is InChI=1S/C18H14F4N2O2/c19-13-5-2-6-15(8-13)24-10-14(9-16(24)25)23-17(26)11-3-1-4-12(7-11)18(20,21)22/h1-8,14H,9-10H2,(H,23,26)/t14-/m0/s1. The topological polar surface area (TPSA) is 49.4 Å². The zero-order chi connectivity index (χ0) is 18.9. The van der Waals surface area contributed by atoms with Crippen LogP contribution in [-0.2, 0) is 11.0 Å². The Hall–Kier alpha value is -2.90. The maximum absolute atomic E-state index is 13.3. The molecule has 0 aliphatic carbocycles. The van der Waals surface area contributed by atoms with Gasteiger partial charge < -0.3 is 10.2 Å². The SMILES string of the molecule is O=C(N[C@H]1CC(=O)N(c2cccc(F)c2)C1)c1cccc(C(F)(F)F)c1. The molecule has 1 N–H and O–H groups in total. The lowest BCUT2D eigenvalue weighted by molar-refractivity contribution is -0.137. The van der Waals surface area contributed by atoms with Crippen molar-refractivity contribution in [2.75, 3.05) is 11.4 Å². The van der Waals surface area contributed by atoms with Crippen LogP contribution in [0.3, 0.4) is 0 Å². The first-order valence-corrected chi connectivity index (χ1v) is 7.78. The molecule has 4 nitrogen and oxygen atoms in total. The van der Waals surface area contributed by atoms with E-state index in [0.717, 1.165) is 18.2 Å². The normalized spacial score (nSPS) is 17.5. The maximum atomic E-state index is 13.3. The molecule has 0 saturated carbocycles. The Labute approximate surface area is 146 Å². The number of anilines is 1. The Bertz CT molecular complexity index is 851. The van der Waals surface area contributed by atoms with Crippen molar-refractivity contribution >= 4 is 17.5 Å². The predicted octanol–water partition coefficient (Wildman–Crippen LogP) is 3.38. The number of nitrogens with zero attached hydrogens (tertiary/aromatic N) is 1. The molecule has 1 fully saturated rings. The van der Waals surface area contributed by atoms with Gasteiger partial charge in [-0.1, -0.05) is 12.1 Å². The zero-order valence-corrected chi connectivity index (χ0v) is 13.4. The summed E-state index contributed by atoms with van der Waals surface area (Å²) >= 11 is 0. The Balaban J connectivity index is 1.70. The summed E-state index contributed by atoms with van der Waals surface area (Å²) in [6.07, 6.45) is -4.56. The van der Waals surface area contributed by atoms with Crippen molar-refractivity contribution in [3.8, 4) is 0 Å². The van der Waals surface area contributed by atoms with Crippen molar-refractivity contribution in [2.45, 2.75) is 18.6 Å². The highest BCUT2D eigenvalue weighted by Crippen LogP contribution is 2.29. The first-order valence-electron chi connectivity index (χ1n) is 7.78. The van der Waals surface area contributed by atoms with Crippen molar-refractivity contribution < 1.29 is 27.2 Å². The van der Waals surface area contributed by atoms with Crippen LogP contribution in [0.1, 0.15) is 22.3 Å². The van der Waals surface area contributed by atoms with Crippen LogP contribution in [-0.4, -0.2) is 24.4 Å². The lowest BCUT2D eigenvalue weighted by atomic mass is 10.1.